The second kappa shape index (κ2) is 9.68. The number of hydrogen-bond acceptors (Lipinski definition) is 3. The van der Waals surface area contributed by atoms with E-state index in [9.17, 15) is 4.79 Å². The van der Waals surface area contributed by atoms with Gasteiger partial charge in [-0.3, -0.25) is 4.79 Å². The predicted molar refractivity (Wildman–Crippen MR) is 102 cm³/mol. The third kappa shape index (κ3) is 6.71. The molecule has 0 aliphatic rings. The molecule has 1 amide bonds. The molecule has 23 heavy (non-hydrogen) atoms. The SMILES string of the molecule is Cc1ccc(S[C@@H](C)C(=O)NCCSCc2ccccc2)cc1. The molecule has 0 unspecified atom stereocenters. The molecule has 0 aliphatic heterocycles. The van der Waals surface area contributed by atoms with Crippen LogP contribution in [0.2, 0.25) is 0 Å². The summed E-state index contributed by atoms with van der Waals surface area (Å²) in [6.45, 7) is 4.74. The summed E-state index contributed by atoms with van der Waals surface area (Å²) in [6, 6.07) is 18.7. The molecule has 2 nitrogen and oxygen atoms in total. The van der Waals surface area contributed by atoms with Crippen molar-refractivity contribution >= 4 is 29.4 Å². The fourth-order valence-electron chi connectivity index (χ4n) is 2.03. The molecular weight excluding hydrogens is 322 g/mol. The first-order chi connectivity index (χ1) is 11.1. The van der Waals surface area contributed by atoms with E-state index in [2.05, 4.69) is 60.8 Å². The number of aryl methyl sites for hydroxylation is 1. The molecule has 0 bridgehead atoms. The predicted octanol–water partition coefficient (Wildman–Crippen LogP) is 4.53. The van der Waals surface area contributed by atoms with Crippen molar-refractivity contribution in [2.24, 2.45) is 0 Å². The Bertz CT molecular complexity index is 599. The number of rotatable bonds is 8. The minimum atomic E-state index is -0.0724. The molecule has 0 fully saturated rings. The van der Waals surface area contributed by atoms with Crippen LogP contribution in [0.1, 0.15) is 18.1 Å². The van der Waals surface area contributed by atoms with E-state index in [1.165, 1.54) is 11.1 Å². The first-order valence-corrected chi connectivity index (χ1v) is 9.81. The average Bonchev–Trinajstić information content (AvgIpc) is 2.57. The zero-order chi connectivity index (χ0) is 16.5. The summed E-state index contributed by atoms with van der Waals surface area (Å²) in [5.74, 6) is 2.03. The Balaban J connectivity index is 1.63. The van der Waals surface area contributed by atoms with Crippen LogP contribution in [0.4, 0.5) is 0 Å². The summed E-state index contributed by atoms with van der Waals surface area (Å²) < 4.78 is 0. The summed E-state index contributed by atoms with van der Waals surface area (Å²) in [5, 5.41) is 2.95. The highest BCUT2D eigenvalue weighted by atomic mass is 32.2. The van der Waals surface area contributed by atoms with E-state index in [4.69, 9.17) is 0 Å². The van der Waals surface area contributed by atoms with Gasteiger partial charge in [0.15, 0.2) is 0 Å². The highest BCUT2D eigenvalue weighted by Crippen LogP contribution is 2.23. The smallest absolute Gasteiger partial charge is 0.233 e. The van der Waals surface area contributed by atoms with Crippen molar-refractivity contribution in [3.05, 3.63) is 65.7 Å². The summed E-state index contributed by atoms with van der Waals surface area (Å²) in [5.41, 5.74) is 2.56. The van der Waals surface area contributed by atoms with Crippen molar-refractivity contribution in [2.45, 2.75) is 29.7 Å². The molecule has 0 spiro atoms. The van der Waals surface area contributed by atoms with Gasteiger partial charge in [-0.1, -0.05) is 48.0 Å². The molecule has 0 saturated heterocycles. The van der Waals surface area contributed by atoms with Crippen LogP contribution in [-0.2, 0) is 10.5 Å². The minimum absolute atomic E-state index is 0.0724. The van der Waals surface area contributed by atoms with Crippen molar-refractivity contribution in [3.8, 4) is 0 Å². The molecule has 2 rings (SSSR count). The van der Waals surface area contributed by atoms with Crippen molar-refractivity contribution < 1.29 is 4.79 Å². The van der Waals surface area contributed by atoms with Crippen molar-refractivity contribution in [1.29, 1.82) is 0 Å². The minimum Gasteiger partial charge on any atom is -0.354 e. The fraction of sp³-hybridized carbons (Fsp3) is 0.316. The van der Waals surface area contributed by atoms with Gasteiger partial charge in [0.1, 0.15) is 0 Å². The maximum atomic E-state index is 12.1. The lowest BCUT2D eigenvalue weighted by Crippen LogP contribution is -2.32. The van der Waals surface area contributed by atoms with Crippen molar-refractivity contribution in [3.63, 3.8) is 0 Å². The first-order valence-electron chi connectivity index (χ1n) is 7.78. The van der Waals surface area contributed by atoms with Crippen LogP contribution in [-0.4, -0.2) is 23.5 Å². The molecule has 0 aromatic heterocycles. The van der Waals surface area contributed by atoms with E-state index in [1.54, 1.807) is 11.8 Å². The Labute approximate surface area is 147 Å². The lowest BCUT2D eigenvalue weighted by atomic mass is 10.2. The number of carbonyl (C=O) groups excluding carboxylic acids is 1. The standard InChI is InChI=1S/C19H23NOS2/c1-15-8-10-18(11-9-15)23-16(2)19(21)20-12-13-22-14-17-6-4-3-5-7-17/h3-11,16H,12-14H2,1-2H3,(H,20,21)/t16-/m0/s1. The summed E-state index contributed by atoms with van der Waals surface area (Å²) in [6.07, 6.45) is 0. The van der Waals surface area contributed by atoms with Crippen LogP contribution >= 0.6 is 23.5 Å². The van der Waals surface area contributed by atoms with E-state index < -0.39 is 0 Å². The quantitative estimate of drug-likeness (QED) is 0.563. The van der Waals surface area contributed by atoms with E-state index in [0.29, 0.717) is 0 Å². The zero-order valence-electron chi connectivity index (χ0n) is 13.6. The number of amides is 1. The summed E-state index contributed by atoms with van der Waals surface area (Å²) in [4.78, 5) is 13.2. The van der Waals surface area contributed by atoms with Crippen LogP contribution < -0.4 is 5.32 Å². The lowest BCUT2D eigenvalue weighted by molar-refractivity contribution is -0.120. The third-order valence-corrected chi connectivity index (χ3v) is 5.50. The van der Waals surface area contributed by atoms with Crippen LogP contribution in [0, 0.1) is 6.92 Å². The maximum Gasteiger partial charge on any atom is 0.233 e. The van der Waals surface area contributed by atoms with Crippen LogP contribution in [0.3, 0.4) is 0 Å². The number of nitrogens with one attached hydrogen (secondary N) is 1. The monoisotopic (exact) mass is 345 g/mol. The maximum absolute atomic E-state index is 12.1. The van der Waals surface area contributed by atoms with Gasteiger partial charge in [-0.2, -0.15) is 11.8 Å². The molecule has 122 valence electrons. The van der Waals surface area contributed by atoms with Gasteiger partial charge in [0.05, 0.1) is 5.25 Å². The molecule has 0 heterocycles. The van der Waals surface area contributed by atoms with E-state index in [1.807, 2.05) is 24.8 Å². The second-order valence-corrected chi connectivity index (χ2v) is 7.92. The number of hydrogen-bond donors (Lipinski definition) is 1. The molecule has 0 aliphatic carbocycles. The Morgan fingerprint density at radius 1 is 1.09 bits per heavy atom. The molecular formula is C19H23NOS2. The Morgan fingerprint density at radius 2 is 1.78 bits per heavy atom. The molecule has 2 aromatic carbocycles. The van der Waals surface area contributed by atoms with Gasteiger partial charge in [0.2, 0.25) is 5.91 Å². The molecule has 1 atom stereocenters. The highest BCUT2D eigenvalue weighted by Gasteiger charge is 2.13. The van der Waals surface area contributed by atoms with Gasteiger partial charge in [-0.05, 0) is 31.5 Å². The van der Waals surface area contributed by atoms with Gasteiger partial charge in [0, 0.05) is 22.9 Å². The molecule has 1 N–H and O–H groups in total. The number of carbonyl (C=O) groups is 1. The average molecular weight is 346 g/mol. The van der Waals surface area contributed by atoms with Gasteiger partial charge in [0.25, 0.3) is 0 Å². The topological polar surface area (TPSA) is 29.1 Å². The fourth-order valence-corrected chi connectivity index (χ4v) is 3.74. The molecule has 0 saturated carbocycles. The second-order valence-electron chi connectivity index (χ2n) is 5.40. The number of thioether (sulfide) groups is 2. The van der Waals surface area contributed by atoms with Crippen molar-refractivity contribution in [2.75, 3.05) is 12.3 Å². The molecule has 0 radical (unpaired) electrons. The Kier molecular flexibility index (Phi) is 7.56. The van der Waals surface area contributed by atoms with Crippen LogP contribution in [0.25, 0.3) is 0 Å². The highest BCUT2D eigenvalue weighted by molar-refractivity contribution is 8.00. The van der Waals surface area contributed by atoms with E-state index >= 15 is 0 Å². The third-order valence-electron chi connectivity index (χ3n) is 3.36. The van der Waals surface area contributed by atoms with Gasteiger partial charge in [-0.25, -0.2) is 0 Å². The molecule has 2 aromatic rings. The Morgan fingerprint density at radius 3 is 2.48 bits per heavy atom. The summed E-state index contributed by atoms with van der Waals surface area (Å²) >= 11 is 3.45. The lowest BCUT2D eigenvalue weighted by Gasteiger charge is -2.12. The molecule has 4 heteroatoms. The van der Waals surface area contributed by atoms with Gasteiger partial charge >= 0.3 is 0 Å². The van der Waals surface area contributed by atoms with Crippen LogP contribution in [0.5, 0.6) is 0 Å². The van der Waals surface area contributed by atoms with Gasteiger partial charge in [-0.15, -0.1) is 11.8 Å². The van der Waals surface area contributed by atoms with Crippen LogP contribution in [0.15, 0.2) is 59.5 Å². The Hall–Kier alpha value is -1.39. The zero-order valence-corrected chi connectivity index (χ0v) is 15.3. The first kappa shape index (κ1) is 18.0. The van der Waals surface area contributed by atoms with E-state index in [-0.39, 0.29) is 11.2 Å². The number of benzene rings is 2. The largest absolute Gasteiger partial charge is 0.354 e. The normalized spacial score (nSPS) is 11.9. The summed E-state index contributed by atoms with van der Waals surface area (Å²) in [7, 11) is 0. The van der Waals surface area contributed by atoms with E-state index in [0.717, 1.165) is 22.9 Å². The van der Waals surface area contributed by atoms with Gasteiger partial charge < -0.3 is 5.32 Å². The van der Waals surface area contributed by atoms with Crippen molar-refractivity contribution in [1.82, 2.24) is 5.32 Å².